The number of anilines is 1. The molecular weight excluding hydrogens is 458 g/mol. The molecular formula is C29H29NO6. The van der Waals surface area contributed by atoms with Gasteiger partial charge in [-0.3, -0.25) is 14.5 Å². The van der Waals surface area contributed by atoms with Gasteiger partial charge in [-0.2, -0.15) is 0 Å². The summed E-state index contributed by atoms with van der Waals surface area (Å²) in [5, 5.41) is 11.5. The van der Waals surface area contributed by atoms with E-state index in [9.17, 15) is 14.7 Å². The summed E-state index contributed by atoms with van der Waals surface area (Å²) < 4.78 is 16.4. The first kappa shape index (κ1) is 24.9. The molecule has 1 fully saturated rings. The number of benzene rings is 3. The fraction of sp³-hybridized carbons (Fsp3) is 0.241. The van der Waals surface area contributed by atoms with Crippen LogP contribution in [-0.4, -0.2) is 37.6 Å². The highest BCUT2D eigenvalue weighted by Gasteiger charge is 2.47. The number of carbonyl (C=O) groups is 2. The van der Waals surface area contributed by atoms with E-state index in [-0.39, 0.29) is 11.3 Å². The maximum Gasteiger partial charge on any atom is 0.300 e. The molecule has 36 heavy (non-hydrogen) atoms. The molecule has 0 aromatic heterocycles. The molecule has 7 heteroatoms. The molecule has 1 atom stereocenters. The van der Waals surface area contributed by atoms with Gasteiger partial charge in [-0.25, -0.2) is 0 Å². The van der Waals surface area contributed by atoms with Gasteiger partial charge in [-0.05, 0) is 74.4 Å². The highest BCUT2D eigenvalue weighted by atomic mass is 16.5. The summed E-state index contributed by atoms with van der Waals surface area (Å²) >= 11 is 0. The summed E-state index contributed by atoms with van der Waals surface area (Å²) in [5.74, 6) is -0.112. The molecule has 1 aliphatic rings. The van der Waals surface area contributed by atoms with Crippen molar-refractivity contribution in [1.82, 2.24) is 0 Å². The maximum atomic E-state index is 13.4. The molecule has 0 spiro atoms. The van der Waals surface area contributed by atoms with Crippen molar-refractivity contribution >= 4 is 23.1 Å². The summed E-state index contributed by atoms with van der Waals surface area (Å²) in [6.07, 6.45) is 0. The Kier molecular flexibility index (Phi) is 7.01. The Labute approximate surface area is 210 Å². The quantitative estimate of drug-likeness (QED) is 0.275. The smallest absolute Gasteiger partial charge is 0.300 e. The van der Waals surface area contributed by atoms with Gasteiger partial charge in [0.25, 0.3) is 11.7 Å². The molecule has 1 amide bonds. The van der Waals surface area contributed by atoms with Crippen LogP contribution in [0.25, 0.3) is 5.76 Å². The van der Waals surface area contributed by atoms with Crippen LogP contribution >= 0.6 is 0 Å². The number of nitrogens with zero attached hydrogens (tertiary/aromatic N) is 1. The molecule has 3 aromatic carbocycles. The molecule has 3 aromatic rings. The third-order valence-electron chi connectivity index (χ3n) is 6.24. The predicted molar refractivity (Wildman–Crippen MR) is 138 cm³/mol. The molecule has 1 unspecified atom stereocenters. The number of ether oxygens (including phenoxy) is 3. The number of aliphatic hydroxyl groups excluding tert-OH is 1. The van der Waals surface area contributed by atoms with Crippen molar-refractivity contribution in [2.45, 2.75) is 26.8 Å². The van der Waals surface area contributed by atoms with E-state index in [0.29, 0.717) is 40.7 Å². The number of aryl methyl sites for hydroxylation is 2. The van der Waals surface area contributed by atoms with Crippen LogP contribution in [0, 0.1) is 13.8 Å². The van der Waals surface area contributed by atoms with Gasteiger partial charge in [0.15, 0.2) is 11.5 Å². The number of methoxy groups -OCH3 is 2. The van der Waals surface area contributed by atoms with E-state index in [2.05, 4.69) is 0 Å². The maximum absolute atomic E-state index is 13.4. The van der Waals surface area contributed by atoms with Gasteiger partial charge in [-0.15, -0.1) is 0 Å². The molecule has 1 heterocycles. The number of rotatable bonds is 7. The van der Waals surface area contributed by atoms with Crippen molar-refractivity contribution in [3.05, 3.63) is 88.5 Å². The number of carbonyl (C=O) groups excluding carboxylic acids is 2. The van der Waals surface area contributed by atoms with Gasteiger partial charge < -0.3 is 19.3 Å². The summed E-state index contributed by atoms with van der Waals surface area (Å²) in [6, 6.07) is 16.8. The van der Waals surface area contributed by atoms with Crippen LogP contribution in [0.1, 0.15) is 35.2 Å². The summed E-state index contributed by atoms with van der Waals surface area (Å²) in [6.45, 7) is 6.14. The molecule has 1 saturated heterocycles. The number of aliphatic hydroxyl groups is 1. The first-order valence-corrected chi connectivity index (χ1v) is 11.6. The fourth-order valence-electron chi connectivity index (χ4n) is 4.44. The molecule has 0 aliphatic carbocycles. The van der Waals surface area contributed by atoms with Gasteiger partial charge >= 0.3 is 0 Å². The van der Waals surface area contributed by atoms with Crippen LogP contribution in [0.15, 0.2) is 66.2 Å². The Morgan fingerprint density at radius 1 is 0.917 bits per heavy atom. The number of Topliss-reactive ketones (excluding diaryl/α,β-unsaturated/α-hetero) is 1. The molecule has 186 valence electrons. The second-order valence-corrected chi connectivity index (χ2v) is 8.53. The highest BCUT2D eigenvalue weighted by molar-refractivity contribution is 6.51. The van der Waals surface area contributed by atoms with E-state index >= 15 is 0 Å². The normalized spacial score (nSPS) is 16.8. The van der Waals surface area contributed by atoms with Crippen LogP contribution in [0.5, 0.6) is 17.2 Å². The summed E-state index contributed by atoms with van der Waals surface area (Å²) in [4.78, 5) is 28.3. The van der Waals surface area contributed by atoms with Gasteiger partial charge in [0, 0.05) is 11.3 Å². The first-order valence-electron chi connectivity index (χ1n) is 11.6. The molecule has 1 aliphatic heterocycles. The van der Waals surface area contributed by atoms with Crippen LogP contribution in [-0.2, 0) is 9.59 Å². The molecule has 4 rings (SSSR count). The van der Waals surface area contributed by atoms with Gasteiger partial charge in [0.1, 0.15) is 11.5 Å². The highest BCUT2D eigenvalue weighted by Crippen LogP contribution is 2.44. The Hall–Kier alpha value is -4.26. The molecule has 0 bridgehead atoms. The number of amides is 1. The SMILES string of the molecule is CCOc1ccc(N2C(=O)C(=O)/C(=C(/O)c3cc(C)ccc3C)C2c2ccc(OC)c(OC)c2)cc1. The van der Waals surface area contributed by atoms with Crippen molar-refractivity contribution in [3.8, 4) is 17.2 Å². The van der Waals surface area contributed by atoms with E-state index in [1.54, 1.807) is 48.5 Å². The van der Waals surface area contributed by atoms with Crippen molar-refractivity contribution in [2.24, 2.45) is 0 Å². The van der Waals surface area contributed by atoms with Crippen molar-refractivity contribution in [1.29, 1.82) is 0 Å². The number of ketones is 1. The van der Waals surface area contributed by atoms with Gasteiger partial charge in [0.05, 0.1) is 32.4 Å². The zero-order valence-electron chi connectivity index (χ0n) is 21.0. The average Bonchev–Trinajstić information content (AvgIpc) is 3.15. The van der Waals surface area contributed by atoms with Gasteiger partial charge in [-0.1, -0.05) is 23.8 Å². The van der Waals surface area contributed by atoms with E-state index in [1.807, 2.05) is 32.9 Å². The largest absolute Gasteiger partial charge is 0.507 e. The standard InChI is InChI=1S/C29H29NO6/c1-6-36-21-12-10-20(11-13-21)30-26(19-9-14-23(34-4)24(16-19)35-5)25(28(32)29(30)33)27(31)22-15-17(2)7-8-18(22)3/h7-16,26,31H,6H2,1-5H3/b27-25+. The topological polar surface area (TPSA) is 85.3 Å². The minimum atomic E-state index is -0.886. The number of hydrogen-bond donors (Lipinski definition) is 1. The minimum Gasteiger partial charge on any atom is -0.507 e. The van der Waals surface area contributed by atoms with Crippen LogP contribution in [0.3, 0.4) is 0 Å². The lowest BCUT2D eigenvalue weighted by molar-refractivity contribution is -0.132. The number of hydrogen-bond acceptors (Lipinski definition) is 6. The Bertz CT molecular complexity index is 1340. The van der Waals surface area contributed by atoms with Crippen LogP contribution < -0.4 is 19.1 Å². The van der Waals surface area contributed by atoms with E-state index < -0.39 is 17.7 Å². The van der Waals surface area contributed by atoms with Crippen molar-refractivity contribution in [3.63, 3.8) is 0 Å². The van der Waals surface area contributed by atoms with Crippen molar-refractivity contribution in [2.75, 3.05) is 25.7 Å². The lowest BCUT2D eigenvalue weighted by Crippen LogP contribution is -2.29. The zero-order chi connectivity index (χ0) is 26.0. The monoisotopic (exact) mass is 487 g/mol. The molecule has 0 saturated carbocycles. The lowest BCUT2D eigenvalue weighted by Gasteiger charge is -2.26. The third-order valence-corrected chi connectivity index (χ3v) is 6.24. The molecule has 0 radical (unpaired) electrons. The van der Waals surface area contributed by atoms with E-state index in [1.165, 1.54) is 19.1 Å². The van der Waals surface area contributed by atoms with Gasteiger partial charge in [0.2, 0.25) is 0 Å². The third kappa shape index (κ3) is 4.40. The molecule has 1 N–H and O–H groups in total. The van der Waals surface area contributed by atoms with Crippen LogP contribution in [0.4, 0.5) is 5.69 Å². The predicted octanol–water partition coefficient (Wildman–Crippen LogP) is 5.35. The Balaban J connectivity index is 1.96. The van der Waals surface area contributed by atoms with Crippen molar-refractivity contribution < 1.29 is 28.9 Å². The Morgan fingerprint density at radius 3 is 2.25 bits per heavy atom. The summed E-state index contributed by atoms with van der Waals surface area (Å²) in [7, 11) is 3.05. The fourth-order valence-corrected chi connectivity index (χ4v) is 4.44. The second-order valence-electron chi connectivity index (χ2n) is 8.53. The average molecular weight is 488 g/mol. The van der Waals surface area contributed by atoms with E-state index in [4.69, 9.17) is 14.2 Å². The molecule has 7 nitrogen and oxygen atoms in total. The van der Waals surface area contributed by atoms with Crippen LogP contribution in [0.2, 0.25) is 0 Å². The second kappa shape index (κ2) is 10.2. The Morgan fingerprint density at radius 2 is 1.61 bits per heavy atom. The lowest BCUT2D eigenvalue weighted by atomic mass is 9.93. The van der Waals surface area contributed by atoms with E-state index in [0.717, 1.165) is 11.1 Å². The zero-order valence-corrected chi connectivity index (χ0v) is 21.0. The summed E-state index contributed by atoms with van der Waals surface area (Å²) in [5.41, 5.74) is 3.31. The minimum absolute atomic E-state index is 0.00908. The first-order chi connectivity index (χ1) is 17.3.